The van der Waals surface area contributed by atoms with Crippen LogP contribution in [-0.2, 0) is 14.3 Å². The van der Waals surface area contributed by atoms with Gasteiger partial charge in [-0.05, 0) is 12.0 Å². The summed E-state index contributed by atoms with van der Waals surface area (Å²) >= 11 is 0.799. The summed E-state index contributed by atoms with van der Waals surface area (Å²) in [7, 11) is 0. The topological polar surface area (TPSA) is 63.6 Å². The van der Waals surface area contributed by atoms with Crippen LogP contribution in [0.4, 0.5) is 0 Å². The van der Waals surface area contributed by atoms with Gasteiger partial charge in [0.25, 0.3) is 0 Å². The van der Waals surface area contributed by atoms with Gasteiger partial charge in [-0.2, -0.15) is 0 Å². The molecule has 0 aliphatic carbocycles. The molecule has 0 spiro atoms. The Labute approximate surface area is 142 Å². The molecule has 4 nitrogen and oxygen atoms in total. The molecule has 0 saturated carbocycles. The zero-order valence-electron chi connectivity index (χ0n) is 13.7. The first-order valence-corrected chi connectivity index (χ1v) is 9.19. The third kappa shape index (κ3) is 8.77. The summed E-state index contributed by atoms with van der Waals surface area (Å²) in [5.74, 6) is -0.462. The van der Waals surface area contributed by atoms with E-state index in [0.29, 0.717) is 12.2 Å². The van der Waals surface area contributed by atoms with Crippen molar-refractivity contribution < 1.29 is 19.4 Å². The molecule has 0 saturated heterocycles. The first-order chi connectivity index (χ1) is 11.1. The van der Waals surface area contributed by atoms with E-state index in [4.69, 9.17) is 4.74 Å². The number of aliphatic hydroxyl groups is 1. The summed E-state index contributed by atoms with van der Waals surface area (Å²) in [6.45, 7) is 2.58. The van der Waals surface area contributed by atoms with E-state index < -0.39 is 17.2 Å². The largest absolute Gasteiger partial charge is 0.465 e. The highest BCUT2D eigenvalue weighted by molar-refractivity contribution is 8.14. The summed E-state index contributed by atoms with van der Waals surface area (Å²) in [5, 5.41) is 9.46. The van der Waals surface area contributed by atoms with Gasteiger partial charge in [0.1, 0.15) is 6.10 Å². The number of esters is 1. The lowest BCUT2D eigenvalue weighted by Crippen LogP contribution is -2.14. The molecule has 0 aromatic heterocycles. The number of benzene rings is 1. The van der Waals surface area contributed by atoms with Crippen LogP contribution in [0.5, 0.6) is 0 Å². The molecule has 128 valence electrons. The molecule has 1 rings (SSSR count). The quantitative estimate of drug-likeness (QED) is 0.490. The molecule has 1 aromatic carbocycles. The number of rotatable bonds is 11. The van der Waals surface area contributed by atoms with E-state index in [-0.39, 0.29) is 5.75 Å². The van der Waals surface area contributed by atoms with Crippen LogP contribution in [0.2, 0.25) is 0 Å². The molecule has 0 aliphatic rings. The van der Waals surface area contributed by atoms with Gasteiger partial charge < -0.3 is 9.84 Å². The Hall–Kier alpha value is -1.33. The van der Waals surface area contributed by atoms with E-state index in [1.54, 1.807) is 24.3 Å². The maximum absolute atomic E-state index is 11.8. The molecule has 0 radical (unpaired) electrons. The van der Waals surface area contributed by atoms with Gasteiger partial charge >= 0.3 is 5.97 Å². The predicted molar refractivity (Wildman–Crippen MR) is 93.2 cm³/mol. The molecule has 0 heterocycles. The maximum Gasteiger partial charge on any atom is 0.316 e. The van der Waals surface area contributed by atoms with Crippen LogP contribution in [0.3, 0.4) is 0 Å². The van der Waals surface area contributed by atoms with Gasteiger partial charge in [0, 0.05) is 0 Å². The molecular formula is C18H26O4S. The minimum atomic E-state index is -1.20. The fourth-order valence-corrected chi connectivity index (χ4v) is 2.73. The van der Waals surface area contributed by atoms with Crippen LogP contribution in [0, 0.1) is 0 Å². The molecule has 0 amide bonds. The van der Waals surface area contributed by atoms with Crippen molar-refractivity contribution in [3.8, 4) is 0 Å². The van der Waals surface area contributed by atoms with Crippen molar-refractivity contribution in [2.24, 2.45) is 0 Å². The molecule has 1 aromatic rings. The minimum Gasteiger partial charge on any atom is -0.465 e. The van der Waals surface area contributed by atoms with Crippen molar-refractivity contribution in [2.75, 3.05) is 12.4 Å². The third-order valence-corrected chi connectivity index (χ3v) is 4.32. The molecule has 1 N–H and O–H groups in total. The van der Waals surface area contributed by atoms with Gasteiger partial charge in [-0.3, -0.25) is 9.59 Å². The predicted octanol–water partition coefficient (Wildman–Crippen LogP) is 3.88. The van der Waals surface area contributed by atoms with Crippen LogP contribution < -0.4 is 0 Å². The number of thioether (sulfide) groups is 1. The highest BCUT2D eigenvalue weighted by atomic mass is 32.2. The van der Waals surface area contributed by atoms with Crippen molar-refractivity contribution in [3.05, 3.63) is 35.9 Å². The molecule has 0 fully saturated rings. The van der Waals surface area contributed by atoms with Gasteiger partial charge in [0.15, 0.2) is 0 Å². The summed E-state index contributed by atoms with van der Waals surface area (Å²) in [5.41, 5.74) is 0.533. The molecule has 1 atom stereocenters. The monoisotopic (exact) mass is 338 g/mol. The second kappa shape index (κ2) is 12.1. The highest BCUT2D eigenvalue weighted by Gasteiger charge is 2.19. The average molecular weight is 338 g/mol. The fourth-order valence-electron chi connectivity index (χ4n) is 2.09. The van der Waals surface area contributed by atoms with E-state index in [0.717, 1.165) is 24.6 Å². The Balaban J connectivity index is 2.12. The van der Waals surface area contributed by atoms with Gasteiger partial charge in [0.2, 0.25) is 5.12 Å². The van der Waals surface area contributed by atoms with E-state index in [1.165, 1.54) is 25.7 Å². The summed E-state index contributed by atoms with van der Waals surface area (Å²) in [6.07, 6.45) is 5.59. The van der Waals surface area contributed by atoms with Gasteiger partial charge in [-0.1, -0.05) is 81.1 Å². The summed E-state index contributed by atoms with van der Waals surface area (Å²) in [4.78, 5) is 23.4. The van der Waals surface area contributed by atoms with E-state index >= 15 is 0 Å². The van der Waals surface area contributed by atoms with Crippen molar-refractivity contribution in [1.29, 1.82) is 0 Å². The molecule has 5 heteroatoms. The van der Waals surface area contributed by atoms with E-state index in [1.807, 2.05) is 6.07 Å². The Morgan fingerprint density at radius 3 is 2.43 bits per heavy atom. The molecule has 23 heavy (non-hydrogen) atoms. The van der Waals surface area contributed by atoms with Gasteiger partial charge in [0.05, 0.1) is 12.4 Å². The molecule has 0 bridgehead atoms. The minimum absolute atomic E-state index is 0.0570. The average Bonchev–Trinajstić information content (AvgIpc) is 2.59. The molecule has 0 aliphatic heterocycles. The number of carbonyl (C=O) groups is 2. The number of hydrogen-bond donors (Lipinski definition) is 1. The standard InChI is InChI=1S/C18H26O4S/c1-2-3-4-5-6-10-13-22-16(19)14-23-18(21)17(20)15-11-8-7-9-12-15/h7-9,11-12,17,20H,2-6,10,13-14H2,1H3/t17-/m1/s1. The maximum atomic E-state index is 11.8. The van der Waals surface area contributed by atoms with Gasteiger partial charge in [-0.15, -0.1) is 0 Å². The Kier molecular flexibility index (Phi) is 10.4. The zero-order chi connectivity index (χ0) is 16.9. The lowest BCUT2D eigenvalue weighted by Gasteiger charge is -2.09. The SMILES string of the molecule is CCCCCCCCOC(=O)CSC(=O)[C@H](O)c1ccccc1. The Morgan fingerprint density at radius 2 is 1.74 bits per heavy atom. The first-order valence-electron chi connectivity index (χ1n) is 8.20. The number of aliphatic hydroxyl groups excluding tert-OH is 1. The molecule has 0 unspecified atom stereocenters. The highest BCUT2D eigenvalue weighted by Crippen LogP contribution is 2.20. The van der Waals surface area contributed by atoms with Crippen molar-refractivity contribution in [3.63, 3.8) is 0 Å². The van der Waals surface area contributed by atoms with Crippen LogP contribution in [0.25, 0.3) is 0 Å². The molecular weight excluding hydrogens is 312 g/mol. The number of unbranched alkanes of at least 4 members (excludes halogenated alkanes) is 5. The smallest absolute Gasteiger partial charge is 0.316 e. The van der Waals surface area contributed by atoms with Crippen LogP contribution in [0.1, 0.15) is 57.1 Å². The summed E-state index contributed by atoms with van der Waals surface area (Å²) < 4.78 is 5.09. The normalized spacial score (nSPS) is 11.9. The summed E-state index contributed by atoms with van der Waals surface area (Å²) in [6, 6.07) is 8.68. The second-order valence-electron chi connectivity index (χ2n) is 5.41. The van der Waals surface area contributed by atoms with Crippen LogP contribution in [0.15, 0.2) is 30.3 Å². The Bertz CT molecular complexity index is 461. The van der Waals surface area contributed by atoms with Crippen LogP contribution in [-0.4, -0.2) is 28.6 Å². The van der Waals surface area contributed by atoms with Crippen molar-refractivity contribution in [2.45, 2.75) is 51.6 Å². The van der Waals surface area contributed by atoms with Gasteiger partial charge in [-0.25, -0.2) is 0 Å². The third-order valence-electron chi connectivity index (χ3n) is 3.43. The lowest BCUT2D eigenvalue weighted by molar-refractivity contribution is -0.140. The number of hydrogen-bond acceptors (Lipinski definition) is 5. The van der Waals surface area contributed by atoms with Crippen LogP contribution >= 0.6 is 11.8 Å². The first kappa shape index (κ1) is 19.7. The number of ether oxygens (including phenoxy) is 1. The second-order valence-corrected chi connectivity index (χ2v) is 6.39. The Morgan fingerprint density at radius 1 is 1.09 bits per heavy atom. The van der Waals surface area contributed by atoms with E-state index in [2.05, 4.69) is 6.92 Å². The van der Waals surface area contributed by atoms with Crippen molar-refractivity contribution >= 4 is 22.8 Å². The zero-order valence-corrected chi connectivity index (χ0v) is 14.5. The van der Waals surface area contributed by atoms with E-state index in [9.17, 15) is 14.7 Å². The fraction of sp³-hybridized carbons (Fsp3) is 0.556. The van der Waals surface area contributed by atoms with Crippen molar-refractivity contribution in [1.82, 2.24) is 0 Å². The number of carbonyl (C=O) groups excluding carboxylic acids is 2. The lowest BCUT2D eigenvalue weighted by atomic mass is 10.1.